The number of ether oxygens (including phenoxy) is 2. The van der Waals surface area contributed by atoms with Crippen LogP contribution in [0.25, 0.3) is 22.2 Å². The van der Waals surface area contributed by atoms with E-state index in [-0.39, 0.29) is 33.6 Å². The summed E-state index contributed by atoms with van der Waals surface area (Å²) in [6.07, 6.45) is -10.5. The Morgan fingerprint density at radius 3 is 2.67 bits per heavy atom. The molecule has 24 heteroatoms. The SMILES string of the molecule is NC(=O)c1cccc2c1nnn2[C@@H]1O[C@@H]2COP(=O)(SS)O[C@H]3[C@@H](F)[C@H](n4cnc5c(N)ncnc54)O[C@@H]3CO[PH](=O)O[C@@H]1[C@@H]2F. The summed E-state index contributed by atoms with van der Waals surface area (Å²) in [7, 11) is -3.20. The van der Waals surface area contributed by atoms with Gasteiger partial charge in [0.2, 0.25) is 0 Å². The number of amides is 1. The first-order valence-electron chi connectivity index (χ1n) is 13.3. The maximum absolute atomic E-state index is 16.1. The molecule has 3 aliphatic heterocycles. The van der Waals surface area contributed by atoms with Crippen molar-refractivity contribution >= 4 is 71.0 Å². The molecule has 3 fully saturated rings. The second kappa shape index (κ2) is 12.3. The number of hydrogen-bond acceptors (Lipinski definition) is 17. The van der Waals surface area contributed by atoms with Gasteiger partial charge in [-0.15, -0.1) is 5.10 Å². The van der Waals surface area contributed by atoms with Gasteiger partial charge in [0, 0.05) is 10.4 Å². The molecule has 3 saturated heterocycles. The van der Waals surface area contributed by atoms with Gasteiger partial charge in [-0.25, -0.2) is 33.0 Å². The summed E-state index contributed by atoms with van der Waals surface area (Å²) >= 11 is 4.00. The van der Waals surface area contributed by atoms with Crippen molar-refractivity contribution in [2.75, 3.05) is 18.9 Å². The molecule has 0 saturated carbocycles. The molecule has 46 heavy (non-hydrogen) atoms. The van der Waals surface area contributed by atoms with Gasteiger partial charge in [-0.2, -0.15) is 0 Å². The highest BCUT2D eigenvalue weighted by atomic mass is 33.3. The number of benzene rings is 1. The number of thiol groups is 1. The van der Waals surface area contributed by atoms with Gasteiger partial charge in [0.1, 0.15) is 41.8 Å². The highest BCUT2D eigenvalue weighted by Crippen LogP contribution is 2.65. The zero-order valence-electron chi connectivity index (χ0n) is 22.9. The molecule has 3 aromatic heterocycles. The summed E-state index contributed by atoms with van der Waals surface area (Å²) in [5.41, 5.74) is 12.0. The van der Waals surface area contributed by atoms with Crippen molar-refractivity contribution in [1.29, 1.82) is 0 Å². The number of nitrogens with zero attached hydrogens (tertiary/aromatic N) is 7. The number of primary amides is 1. The van der Waals surface area contributed by atoms with Crippen LogP contribution in [0.3, 0.4) is 0 Å². The number of fused-ring (bicyclic) bond motifs is 5. The van der Waals surface area contributed by atoms with Gasteiger partial charge < -0.3 is 25.5 Å². The van der Waals surface area contributed by atoms with Crippen LogP contribution in [0.4, 0.5) is 14.6 Å². The Bertz CT molecular complexity index is 1890. The Kier molecular flexibility index (Phi) is 8.54. The average molecular weight is 722 g/mol. The second-order valence-corrected chi connectivity index (χ2v) is 16.1. The number of nitrogens with two attached hydrogens (primary N) is 2. The molecule has 3 aliphatic rings. The number of carbonyl (C=O) groups excluding carboxylic acids is 1. The van der Waals surface area contributed by atoms with E-state index in [1.54, 1.807) is 0 Å². The van der Waals surface area contributed by atoms with E-state index in [2.05, 4.69) is 36.9 Å². The molecule has 0 radical (unpaired) electrons. The van der Waals surface area contributed by atoms with E-state index in [1.165, 1.54) is 29.1 Å². The molecular formula is C22H23F2N9O9P2S2. The minimum atomic E-state index is -4.35. The molecule has 10 atom stereocenters. The minimum Gasteiger partial charge on any atom is -0.382 e. The van der Waals surface area contributed by atoms with Crippen LogP contribution >= 0.6 is 37.1 Å². The molecule has 4 N–H and O–H groups in total. The highest BCUT2D eigenvalue weighted by molar-refractivity contribution is 8.93. The molecule has 0 spiro atoms. The van der Waals surface area contributed by atoms with Gasteiger partial charge in [0.25, 0.3) is 5.91 Å². The molecule has 2 unspecified atom stereocenters. The predicted molar refractivity (Wildman–Crippen MR) is 158 cm³/mol. The fourth-order valence-corrected chi connectivity index (χ4v) is 8.79. The van der Waals surface area contributed by atoms with Crippen LogP contribution in [-0.2, 0) is 36.7 Å². The topological polar surface area (TPSA) is 233 Å². The van der Waals surface area contributed by atoms with E-state index >= 15 is 8.78 Å². The van der Waals surface area contributed by atoms with Crippen LogP contribution in [0.15, 0.2) is 30.9 Å². The smallest absolute Gasteiger partial charge is 0.382 e. The summed E-state index contributed by atoms with van der Waals surface area (Å²) in [4.78, 5) is 24.0. The molecule has 1 amide bonds. The summed E-state index contributed by atoms with van der Waals surface area (Å²) in [6.45, 7) is -5.64. The molecule has 1 aromatic carbocycles. The van der Waals surface area contributed by atoms with Gasteiger partial charge in [0.15, 0.2) is 36.3 Å². The van der Waals surface area contributed by atoms with Crippen LogP contribution in [0.2, 0.25) is 0 Å². The Morgan fingerprint density at radius 1 is 1.09 bits per heavy atom. The maximum atomic E-state index is 16.1. The van der Waals surface area contributed by atoms with Crippen molar-refractivity contribution in [3.05, 3.63) is 36.4 Å². The van der Waals surface area contributed by atoms with E-state index in [0.717, 1.165) is 11.0 Å². The summed E-state index contributed by atoms with van der Waals surface area (Å²) in [5, 5.41) is 7.96. The molecule has 4 aromatic rings. The van der Waals surface area contributed by atoms with E-state index in [1.807, 2.05) is 0 Å². The average Bonchev–Trinajstić information content (AvgIpc) is 3.80. The number of rotatable bonds is 4. The first-order chi connectivity index (χ1) is 22.1. The first kappa shape index (κ1) is 31.8. The van der Waals surface area contributed by atoms with Crippen molar-refractivity contribution in [3.8, 4) is 0 Å². The number of nitrogen functional groups attached to an aromatic ring is 1. The van der Waals surface area contributed by atoms with Crippen LogP contribution < -0.4 is 11.5 Å². The lowest BCUT2D eigenvalue weighted by molar-refractivity contribution is -0.0598. The van der Waals surface area contributed by atoms with Crippen molar-refractivity contribution < 1.29 is 50.3 Å². The Hall–Kier alpha value is -2.78. The predicted octanol–water partition coefficient (Wildman–Crippen LogP) is 2.32. The van der Waals surface area contributed by atoms with Gasteiger partial charge in [0.05, 0.1) is 30.6 Å². The Morgan fingerprint density at radius 2 is 1.89 bits per heavy atom. The lowest BCUT2D eigenvalue weighted by atomic mass is 10.1. The molecule has 18 nitrogen and oxygen atoms in total. The zero-order chi connectivity index (χ0) is 32.3. The van der Waals surface area contributed by atoms with Gasteiger partial charge in [-0.05, 0) is 12.1 Å². The van der Waals surface area contributed by atoms with Crippen molar-refractivity contribution in [3.63, 3.8) is 0 Å². The van der Waals surface area contributed by atoms with Gasteiger partial charge in [-0.3, -0.25) is 27.5 Å². The number of alkyl halides is 2. The summed E-state index contributed by atoms with van der Waals surface area (Å²) in [5.74, 6) is -0.725. The number of carbonyl (C=O) groups is 1. The number of aromatic nitrogens is 7. The maximum Gasteiger partial charge on any atom is 0.399 e. The summed E-state index contributed by atoms with van der Waals surface area (Å²) in [6, 6.07) is 4.47. The largest absolute Gasteiger partial charge is 0.399 e. The molecule has 7 rings (SSSR count). The number of anilines is 1. The standard InChI is InChI=1S/C22H23F2N9O9P2S2/c23-12-10-5-38-44(36,46-45)42-16-11(40-21(13(16)24)32-7-29-15-18(25)27-6-28-20(15)32)4-37-43(35)41-17(12)22(39-10)33-9-3-1-2-8(19(26)34)14(9)30-31-33/h1-3,6-7,10-13,16-17,21-22,43,45H,4-5H2,(H2,26,34)(H2,25,27,28)/t10-,11-,12-,13-,16-,17-,21-,22-,44?/m1/s1. The van der Waals surface area contributed by atoms with Crippen LogP contribution in [0.5, 0.6) is 0 Å². The molecular weight excluding hydrogens is 698 g/mol. The number of halogens is 2. The van der Waals surface area contributed by atoms with Crippen molar-refractivity contribution in [2.45, 2.75) is 49.2 Å². The van der Waals surface area contributed by atoms with Gasteiger partial charge in [-0.1, -0.05) is 22.9 Å². The van der Waals surface area contributed by atoms with Crippen molar-refractivity contribution in [2.24, 2.45) is 5.73 Å². The summed E-state index contributed by atoms with van der Waals surface area (Å²) < 4.78 is 94.8. The molecule has 2 bridgehead atoms. The van der Waals surface area contributed by atoms with E-state index in [9.17, 15) is 13.9 Å². The lowest BCUT2D eigenvalue weighted by Gasteiger charge is -2.25. The van der Waals surface area contributed by atoms with Crippen LogP contribution in [-0.4, -0.2) is 90.4 Å². The highest BCUT2D eigenvalue weighted by Gasteiger charge is 2.54. The third-order valence-electron chi connectivity index (χ3n) is 7.55. The van der Waals surface area contributed by atoms with E-state index in [0.29, 0.717) is 10.4 Å². The Labute approximate surface area is 265 Å². The molecule has 0 aliphatic carbocycles. The number of hydrogen-bond donors (Lipinski definition) is 3. The van der Waals surface area contributed by atoms with Gasteiger partial charge >= 0.3 is 15.1 Å². The second-order valence-electron chi connectivity index (χ2n) is 10.2. The first-order valence-corrected chi connectivity index (χ1v) is 18.6. The van der Waals surface area contributed by atoms with Crippen LogP contribution in [0.1, 0.15) is 22.8 Å². The van der Waals surface area contributed by atoms with E-state index < -0.39 is 83.4 Å². The lowest BCUT2D eigenvalue weighted by Crippen LogP contribution is -2.33. The monoisotopic (exact) mass is 721 g/mol. The fraction of sp³-hybridized carbons (Fsp3) is 0.455. The third kappa shape index (κ3) is 5.49. The molecule has 6 heterocycles. The Balaban J connectivity index is 1.19. The quantitative estimate of drug-likeness (QED) is 0.156. The number of imidazole rings is 1. The molecule has 246 valence electrons. The van der Waals surface area contributed by atoms with Crippen LogP contribution in [0, 0.1) is 0 Å². The van der Waals surface area contributed by atoms with E-state index in [4.69, 9.17) is 39.0 Å². The van der Waals surface area contributed by atoms with Crippen molar-refractivity contribution in [1.82, 2.24) is 34.5 Å². The normalized spacial score (nSPS) is 35.4. The fourth-order valence-electron chi connectivity index (χ4n) is 5.42. The zero-order valence-corrected chi connectivity index (χ0v) is 26.5. The minimum absolute atomic E-state index is 0.0490. The third-order valence-corrected chi connectivity index (χ3v) is 12.6.